The van der Waals surface area contributed by atoms with Gasteiger partial charge in [-0.3, -0.25) is 30.2 Å². The topological polar surface area (TPSA) is 309 Å². The van der Waals surface area contributed by atoms with Crippen molar-refractivity contribution in [2.45, 2.75) is 113 Å². The van der Waals surface area contributed by atoms with Gasteiger partial charge in [0, 0.05) is 83.5 Å². The summed E-state index contributed by atoms with van der Waals surface area (Å²) in [6.07, 6.45) is 23.8. The highest BCUT2D eigenvalue weighted by Crippen LogP contribution is 2.38. The van der Waals surface area contributed by atoms with Gasteiger partial charge in [-0.15, -0.1) is 0 Å². The van der Waals surface area contributed by atoms with E-state index >= 15 is 0 Å². The first kappa shape index (κ1) is 52.1. The Hall–Kier alpha value is -8.26. The van der Waals surface area contributed by atoms with Gasteiger partial charge in [-0.05, 0) is 113 Å². The lowest BCUT2D eigenvalue weighted by atomic mass is 10.1. The minimum absolute atomic E-state index is 0.0258. The number of aromatic amines is 3. The predicted octanol–water partition coefficient (Wildman–Crippen LogP) is 5.29. The van der Waals surface area contributed by atoms with E-state index in [1.807, 2.05) is 61.1 Å². The normalized spacial score (nSPS) is 22.2. The van der Waals surface area contributed by atoms with E-state index in [9.17, 15) is 0 Å². The van der Waals surface area contributed by atoms with E-state index in [-0.39, 0.29) is 24.2 Å². The second-order valence-corrected chi connectivity index (χ2v) is 22.0. The summed E-state index contributed by atoms with van der Waals surface area (Å²) in [6, 6.07) is 13.3. The van der Waals surface area contributed by atoms with Crippen molar-refractivity contribution in [2.24, 2.45) is 17.2 Å². The number of nitrogens with two attached hydrogens (primary N) is 3. The first-order valence-corrected chi connectivity index (χ1v) is 28.5. The van der Waals surface area contributed by atoms with Gasteiger partial charge in [0.15, 0.2) is 50.9 Å². The molecule has 25 nitrogen and oxygen atoms in total. The molecule has 0 radical (unpaired) electrons. The van der Waals surface area contributed by atoms with Crippen molar-refractivity contribution in [3.05, 3.63) is 90.7 Å². The van der Waals surface area contributed by atoms with Crippen molar-refractivity contribution in [2.75, 3.05) is 83.4 Å². The molecule has 9 aromatic rings. The van der Waals surface area contributed by atoms with Crippen molar-refractivity contribution < 1.29 is 4.74 Å². The Labute approximate surface area is 468 Å². The molecule has 0 spiro atoms. The zero-order chi connectivity index (χ0) is 55.1. The third kappa shape index (κ3) is 10.0. The number of nitrogens with one attached hydrogen (secondary N) is 3. The van der Waals surface area contributed by atoms with Gasteiger partial charge < -0.3 is 51.3 Å². The average molecular weight is 1100 g/mol. The van der Waals surface area contributed by atoms with E-state index in [4.69, 9.17) is 46.9 Å². The molecule has 1 saturated heterocycles. The fourth-order valence-electron chi connectivity index (χ4n) is 12.6. The van der Waals surface area contributed by atoms with Crippen LogP contribution in [0.3, 0.4) is 0 Å². The molecule has 420 valence electrons. The number of ether oxygens (including phenoxy) is 1. The number of H-pyrrole nitrogens is 3. The number of nitrogens with zero attached hydrogens (tertiary/aromatic N) is 18. The fourth-order valence-corrected chi connectivity index (χ4v) is 12.6. The number of aromatic nitrogens is 15. The molecular weight excluding hydrogens is 1020 g/mol. The maximum atomic E-state index is 6.25. The van der Waals surface area contributed by atoms with Crippen molar-refractivity contribution >= 4 is 85.5 Å². The molecular formula is C56H70N24O. The summed E-state index contributed by atoms with van der Waals surface area (Å²) in [5.41, 5.74) is 29.7. The molecule has 3 fully saturated rings. The first-order chi connectivity index (χ1) is 39.7. The molecule has 4 aliphatic heterocycles. The number of rotatable bonds is 9. The Kier molecular flexibility index (Phi) is 14.4. The van der Waals surface area contributed by atoms with Crippen molar-refractivity contribution in [3.63, 3.8) is 0 Å². The van der Waals surface area contributed by atoms with Gasteiger partial charge in [0.25, 0.3) is 0 Å². The molecule has 0 aromatic carbocycles. The Morgan fingerprint density at radius 2 is 0.827 bits per heavy atom. The Morgan fingerprint density at radius 3 is 1.16 bits per heavy atom. The van der Waals surface area contributed by atoms with Crippen LogP contribution in [0, 0.1) is 0 Å². The van der Waals surface area contributed by atoms with Gasteiger partial charge in [-0.1, -0.05) is 0 Å². The van der Waals surface area contributed by atoms with Gasteiger partial charge in [0.05, 0.1) is 78.0 Å². The van der Waals surface area contributed by atoms with Crippen molar-refractivity contribution in [1.82, 2.24) is 75.4 Å². The molecule has 2 aliphatic carbocycles. The monoisotopic (exact) mass is 1090 g/mol. The smallest absolute Gasteiger partial charge is 0.183 e. The number of aryl methyl sites for hydroxylation is 3. The van der Waals surface area contributed by atoms with Crippen LogP contribution in [-0.4, -0.2) is 166 Å². The van der Waals surface area contributed by atoms with Crippen molar-refractivity contribution in [3.8, 4) is 0 Å². The van der Waals surface area contributed by atoms with E-state index in [1.54, 1.807) is 6.20 Å². The van der Waals surface area contributed by atoms with Crippen LogP contribution in [0.25, 0.3) is 33.5 Å². The molecule has 6 aliphatic rings. The number of hydrogen-bond donors (Lipinski definition) is 6. The van der Waals surface area contributed by atoms with Gasteiger partial charge in [0.2, 0.25) is 0 Å². The first-order valence-electron chi connectivity index (χ1n) is 28.5. The molecule has 13 heterocycles. The highest BCUT2D eigenvalue weighted by atomic mass is 16.5. The van der Waals surface area contributed by atoms with Crippen LogP contribution in [0.4, 0.5) is 52.0 Å². The summed E-state index contributed by atoms with van der Waals surface area (Å²) in [5, 5.41) is 22.8. The SMILES string of the molecule is CN(c1cnc2c(N3CCCc4ncccc43)n[nH]c2n1)[C@@H]1CCC[C@@H]1N.CN(c1cnc2c(N3CCCc4ncccc43)n[nH]c2n1)[C@@H]1COC[C@@H]1N.CN(c1cnc2c(N3CCCc4ncccc43)n[nH]c2n1)[C@H]1CCC[C@H]1N. The number of anilines is 9. The van der Waals surface area contributed by atoms with Crippen LogP contribution in [0.1, 0.15) is 74.9 Å². The van der Waals surface area contributed by atoms with E-state index in [0.717, 1.165) is 169 Å². The standard InChI is InChI=1S/2C19H24N8.C18H22N8O/c2*1-26(14-7-2-5-12(14)20)16-11-22-17-18(23-16)24-25-19(17)27-10-4-6-13-15(27)8-3-9-21-13;1-25(14-10-27-9-11(14)19)15-8-21-16-17(22-15)23-24-18(16)26-7-3-4-12-13(26)5-2-6-20-12/h2*3,8-9,11-12,14H,2,4-7,10,20H2,1H3,(H,23,24,25);2,5-6,8,11,14H,3-4,7,9-10,19H2,1H3,(H,22,23,24)/t2*12-,14+;11-,14+/m100/s1. The summed E-state index contributed by atoms with van der Waals surface area (Å²) >= 11 is 0. The van der Waals surface area contributed by atoms with Crippen molar-refractivity contribution in [1.29, 1.82) is 0 Å². The van der Waals surface area contributed by atoms with E-state index < -0.39 is 0 Å². The van der Waals surface area contributed by atoms with Crippen LogP contribution >= 0.6 is 0 Å². The van der Waals surface area contributed by atoms with Gasteiger partial charge in [-0.2, -0.15) is 15.3 Å². The van der Waals surface area contributed by atoms with Crippen LogP contribution in [0.5, 0.6) is 0 Å². The molecule has 9 aromatic heterocycles. The average Bonchev–Trinajstić information content (AvgIpc) is 4.48. The molecule has 0 unspecified atom stereocenters. The Balaban J connectivity index is 0.000000114. The van der Waals surface area contributed by atoms with Gasteiger partial charge in [0.1, 0.15) is 17.5 Å². The molecule has 15 rings (SSSR count). The summed E-state index contributed by atoms with van der Waals surface area (Å²) in [7, 11) is 6.07. The lowest BCUT2D eigenvalue weighted by Crippen LogP contribution is -2.45. The number of hydrogen-bond acceptors (Lipinski definition) is 22. The number of likely N-dealkylation sites (N-methyl/N-ethyl adjacent to an activating group) is 3. The molecule has 0 amide bonds. The summed E-state index contributed by atoms with van der Waals surface area (Å²) in [5.74, 6) is 4.85. The number of fused-ring (bicyclic) bond motifs is 6. The van der Waals surface area contributed by atoms with Crippen LogP contribution < -0.4 is 46.6 Å². The predicted molar refractivity (Wildman–Crippen MR) is 313 cm³/mol. The molecule has 2 saturated carbocycles. The van der Waals surface area contributed by atoms with Crippen LogP contribution in [0.15, 0.2) is 73.6 Å². The third-order valence-corrected chi connectivity index (χ3v) is 17.1. The molecule has 81 heavy (non-hydrogen) atoms. The third-order valence-electron chi connectivity index (χ3n) is 17.1. The molecule has 0 bridgehead atoms. The second kappa shape index (κ2) is 22.3. The van der Waals surface area contributed by atoms with Crippen LogP contribution in [0.2, 0.25) is 0 Å². The Morgan fingerprint density at radius 1 is 0.457 bits per heavy atom. The lowest BCUT2D eigenvalue weighted by Gasteiger charge is -2.29. The maximum absolute atomic E-state index is 6.25. The Bertz CT molecular complexity index is 3280. The molecule has 25 heteroatoms. The highest BCUT2D eigenvalue weighted by molar-refractivity contribution is 5.90. The largest absolute Gasteiger partial charge is 0.378 e. The minimum atomic E-state index is -0.0258. The van der Waals surface area contributed by atoms with Gasteiger partial charge >= 0.3 is 0 Å². The summed E-state index contributed by atoms with van der Waals surface area (Å²) < 4.78 is 5.47. The molecule has 9 N–H and O–H groups in total. The minimum Gasteiger partial charge on any atom is -0.378 e. The lowest BCUT2D eigenvalue weighted by molar-refractivity contribution is 0.190. The maximum Gasteiger partial charge on any atom is 0.183 e. The van der Waals surface area contributed by atoms with E-state index in [0.29, 0.717) is 42.2 Å². The van der Waals surface area contributed by atoms with E-state index in [2.05, 4.69) is 107 Å². The van der Waals surface area contributed by atoms with Crippen LogP contribution in [-0.2, 0) is 24.0 Å². The zero-order valence-corrected chi connectivity index (χ0v) is 46.1. The summed E-state index contributed by atoms with van der Waals surface area (Å²) in [4.78, 5) is 54.8. The summed E-state index contributed by atoms with van der Waals surface area (Å²) in [6.45, 7) is 3.86. The quantitative estimate of drug-likeness (QED) is 0.107. The van der Waals surface area contributed by atoms with E-state index in [1.165, 1.54) is 12.8 Å². The fraction of sp³-hybridized carbons (Fsp3) is 0.464. The molecule has 6 atom stereocenters. The second-order valence-electron chi connectivity index (χ2n) is 22.0. The number of pyridine rings is 3. The zero-order valence-electron chi connectivity index (χ0n) is 46.1. The van der Waals surface area contributed by atoms with Gasteiger partial charge in [-0.25, -0.2) is 29.9 Å². The highest BCUT2D eigenvalue weighted by Gasteiger charge is 2.33.